The van der Waals surface area contributed by atoms with Crippen LogP contribution in [0.4, 0.5) is 10.3 Å². The lowest BCUT2D eigenvalue weighted by Crippen LogP contribution is -2.14. The minimum atomic E-state index is -0.128. The Morgan fingerprint density at radius 1 is 0.805 bits per heavy atom. The Morgan fingerprint density at radius 3 is 1.95 bits per heavy atom. The van der Waals surface area contributed by atoms with E-state index < -0.39 is 0 Å². The number of nitrogens with zero attached hydrogens (tertiary/aromatic N) is 5. The second-order valence-corrected chi connectivity index (χ2v) is 12.4. The molecule has 0 saturated heterocycles. The van der Waals surface area contributed by atoms with Crippen LogP contribution >= 0.6 is 22.7 Å². The molecule has 10 nitrogen and oxygen atoms in total. The number of nitrogens with one attached hydrogen (secondary N) is 2. The Bertz CT molecular complexity index is 1580. The maximum atomic E-state index is 12.7. The van der Waals surface area contributed by atoms with E-state index in [0.29, 0.717) is 16.8 Å². The summed E-state index contributed by atoms with van der Waals surface area (Å²) in [7, 11) is 0. The van der Waals surface area contributed by atoms with Gasteiger partial charge in [-0.15, -0.1) is 20.4 Å². The first kappa shape index (κ1) is 27.3. The molecule has 0 bridgehead atoms. The highest BCUT2D eigenvalue weighted by Gasteiger charge is 2.29. The molecule has 41 heavy (non-hydrogen) atoms. The molecular weight excluding hydrogens is 557 g/mol. The van der Waals surface area contributed by atoms with Crippen molar-refractivity contribution in [2.24, 2.45) is 10.7 Å². The minimum Gasteiger partial charge on any atom is -0.326 e. The van der Waals surface area contributed by atoms with Crippen LogP contribution in [0.25, 0.3) is 0 Å². The van der Waals surface area contributed by atoms with E-state index in [2.05, 4.69) is 36.0 Å². The van der Waals surface area contributed by atoms with Gasteiger partial charge < -0.3 is 16.4 Å². The van der Waals surface area contributed by atoms with Gasteiger partial charge in [-0.05, 0) is 41.5 Å². The van der Waals surface area contributed by atoms with Crippen molar-refractivity contribution in [3.63, 3.8) is 0 Å². The second-order valence-electron chi connectivity index (χ2n) is 10.4. The van der Waals surface area contributed by atoms with Crippen molar-refractivity contribution in [1.29, 1.82) is 0 Å². The summed E-state index contributed by atoms with van der Waals surface area (Å²) in [6.07, 6.45) is 6.37. The van der Waals surface area contributed by atoms with Crippen LogP contribution in [0.2, 0.25) is 0 Å². The molecular formula is C29H30N8O2S2. The third-order valence-corrected chi connectivity index (χ3v) is 9.30. The second kappa shape index (κ2) is 12.3. The summed E-state index contributed by atoms with van der Waals surface area (Å²) in [6.45, 7) is 0.441. The van der Waals surface area contributed by atoms with Crippen molar-refractivity contribution in [3.05, 3.63) is 80.8 Å². The van der Waals surface area contributed by atoms with Gasteiger partial charge in [0.15, 0.2) is 0 Å². The number of aliphatic imine (C=N–C) groups is 1. The average molecular weight is 587 g/mol. The number of carbonyl (C=O) groups excluding carboxylic acids is 2. The van der Waals surface area contributed by atoms with Gasteiger partial charge >= 0.3 is 0 Å². The third kappa shape index (κ3) is 7.07. The molecule has 3 heterocycles. The molecule has 3 atom stereocenters. The van der Waals surface area contributed by atoms with Crippen LogP contribution in [0, 0.1) is 0 Å². The van der Waals surface area contributed by atoms with Crippen LogP contribution < -0.4 is 16.4 Å². The SMILES string of the molecule is NCc1cccc(CC(=O)Nc2nnc([C@H]3CCC[C@H](c4nnc(NC(=O)Cc5cccc(C6C=N6)c5)s4)C3)s2)c1. The largest absolute Gasteiger partial charge is 0.326 e. The molecule has 1 aliphatic carbocycles. The van der Waals surface area contributed by atoms with Gasteiger partial charge in [-0.25, -0.2) is 0 Å². The molecule has 0 spiro atoms. The summed E-state index contributed by atoms with van der Waals surface area (Å²) in [5.74, 6) is 0.238. The van der Waals surface area contributed by atoms with Gasteiger partial charge in [-0.2, -0.15) is 0 Å². The zero-order valence-electron chi connectivity index (χ0n) is 22.3. The van der Waals surface area contributed by atoms with Crippen LogP contribution in [0.3, 0.4) is 0 Å². The fourth-order valence-corrected chi connectivity index (χ4v) is 7.02. The zero-order valence-corrected chi connectivity index (χ0v) is 24.0. The Labute approximate surface area is 245 Å². The monoisotopic (exact) mass is 586 g/mol. The standard InChI is InChI=1S/C29H30N8O2S2/c30-15-19-6-1-4-17(10-19)12-24(38)32-28-36-34-26(40-28)21-8-3-9-22(14-21)27-35-37-29(41-27)33-25(39)13-18-5-2-7-20(11-18)23-16-31-23/h1-2,4-7,10-11,16,21-23H,3,8-9,12-15,30H2,(H,32,36,38)(H,33,37,39)/t21-,22-,23?/m0/s1. The van der Waals surface area contributed by atoms with Gasteiger partial charge in [0.2, 0.25) is 22.1 Å². The number of rotatable bonds is 10. The van der Waals surface area contributed by atoms with E-state index in [1.807, 2.05) is 54.7 Å². The number of carbonyl (C=O) groups is 2. The van der Waals surface area contributed by atoms with Gasteiger partial charge in [0.25, 0.3) is 0 Å². The van der Waals surface area contributed by atoms with E-state index >= 15 is 0 Å². The first-order valence-electron chi connectivity index (χ1n) is 13.7. The lowest BCUT2D eigenvalue weighted by atomic mass is 9.82. The highest BCUT2D eigenvalue weighted by atomic mass is 32.1. The molecule has 1 saturated carbocycles. The summed E-state index contributed by atoms with van der Waals surface area (Å²) >= 11 is 2.87. The quantitative estimate of drug-likeness (QED) is 0.242. The molecule has 4 N–H and O–H groups in total. The van der Waals surface area contributed by atoms with Gasteiger partial charge in [-0.1, -0.05) is 77.6 Å². The van der Waals surface area contributed by atoms with Crippen molar-refractivity contribution in [1.82, 2.24) is 20.4 Å². The fraction of sp³-hybridized carbons (Fsp3) is 0.345. The molecule has 2 aromatic heterocycles. The van der Waals surface area contributed by atoms with Crippen molar-refractivity contribution < 1.29 is 9.59 Å². The number of nitrogens with two attached hydrogens (primary N) is 1. The van der Waals surface area contributed by atoms with Gasteiger partial charge in [0.05, 0.1) is 12.8 Å². The Morgan fingerprint density at radius 2 is 1.37 bits per heavy atom. The molecule has 2 aromatic carbocycles. The van der Waals surface area contributed by atoms with Crippen LogP contribution in [0.15, 0.2) is 53.5 Å². The maximum Gasteiger partial charge on any atom is 0.230 e. The van der Waals surface area contributed by atoms with E-state index in [0.717, 1.165) is 58.0 Å². The lowest BCUT2D eigenvalue weighted by molar-refractivity contribution is -0.116. The van der Waals surface area contributed by atoms with E-state index in [9.17, 15) is 9.59 Å². The summed E-state index contributed by atoms with van der Waals surface area (Å²) in [5.41, 5.74) is 9.68. The molecule has 0 radical (unpaired) electrons. The number of hydrogen-bond donors (Lipinski definition) is 3. The molecule has 210 valence electrons. The van der Waals surface area contributed by atoms with Crippen LogP contribution in [0.5, 0.6) is 0 Å². The average Bonchev–Trinajstić information content (AvgIpc) is 3.56. The molecule has 4 aromatic rings. The van der Waals surface area contributed by atoms with Crippen molar-refractivity contribution in [2.45, 2.75) is 62.9 Å². The molecule has 12 heteroatoms. The zero-order chi connectivity index (χ0) is 28.2. The number of amides is 2. The van der Waals surface area contributed by atoms with Crippen molar-refractivity contribution in [2.75, 3.05) is 10.6 Å². The highest BCUT2D eigenvalue weighted by molar-refractivity contribution is 7.15. The highest BCUT2D eigenvalue weighted by Crippen LogP contribution is 2.43. The van der Waals surface area contributed by atoms with Crippen molar-refractivity contribution in [3.8, 4) is 0 Å². The molecule has 2 aliphatic rings. The summed E-state index contributed by atoms with van der Waals surface area (Å²) in [4.78, 5) is 29.4. The topological polar surface area (TPSA) is 148 Å². The first-order valence-corrected chi connectivity index (χ1v) is 15.3. The van der Waals surface area contributed by atoms with Gasteiger partial charge in [0, 0.05) is 24.6 Å². The maximum absolute atomic E-state index is 12.7. The third-order valence-electron chi connectivity index (χ3n) is 7.29. The summed E-state index contributed by atoms with van der Waals surface area (Å²) in [6, 6.07) is 15.8. The Balaban J connectivity index is 1.02. The molecule has 1 fully saturated rings. The van der Waals surface area contributed by atoms with Crippen LogP contribution in [-0.2, 0) is 29.0 Å². The smallest absolute Gasteiger partial charge is 0.230 e. The number of benzene rings is 2. The Hall–Kier alpha value is -3.87. The number of aromatic nitrogens is 4. The first-order chi connectivity index (χ1) is 20.0. The summed E-state index contributed by atoms with van der Waals surface area (Å²) in [5, 5.41) is 26.0. The van der Waals surface area contributed by atoms with Gasteiger partial charge in [0.1, 0.15) is 16.1 Å². The predicted octanol–water partition coefficient (Wildman–Crippen LogP) is 4.78. The van der Waals surface area contributed by atoms with Crippen LogP contribution in [0.1, 0.15) is 75.8 Å². The summed E-state index contributed by atoms with van der Waals surface area (Å²) < 4.78 is 0. The van der Waals surface area contributed by atoms with E-state index in [-0.39, 0.29) is 42.5 Å². The molecule has 1 aliphatic heterocycles. The van der Waals surface area contributed by atoms with Crippen molar-refractivity contribution >= 4 is 51.0 Å². The minimum absolute atomic E-state index is 0.112. The predicted molar refractivity (Wildman–Crippen MR) is 160 cm³/mol. The van der Waals surface area contributed by atoms with E-state index in [1.54, 1.807) is 0 Å². The fourth-order valence-electron chi connectivity index (χ4n) is 5.21. The normalized spacial score (nSPS) is 19.6. The molecule has 2 amide bonds. The number of hydrogen-bond acceptors (Lipinski definition) is 10. The van der Waals surface area contributed by atoms with Gasteiger partial charge in [-0.3, -0.25) is 14.6 Å². The lowest BCUT2D eigenvalue weighted by Gasteiger charge is -2.25. The van der Waals surface area contributed by atoms with Crippen LogP contribution in [-0.4, -0.2) is 38.4 Å². The van der Waals surface area contributed by atoms with E-state index in [1.165, 1.54) is 22.7 Å². The van der Waals surface area contributed by atoms with E-state index in [4.69, 9.17) is 5.73 Å². The molecule has 1 unspecified atom stereocenters. The number of anilines is 2. The Kier molecular flexibility index (Phi) is 8.21. The molecule has 6 rings (SSSR count).